The van der Waals surface area contributed by atoms with Gasteiger partial charge in [-0.25, -0.2) is 0 Å². The van der Waals surface area contributed by atoms with Gasteiger partial charge in [0.25, 0.3) is 0 Å². The quantitative estimate of drug-likeness (QED) is 0.736. The van der Waals surface area contributed by atoms with Crippen molar-refractivity contribution in [2.24, 2.45) is 13.0 Å². The zero-order valence-corrected chi connectivity index (χ0v) is 7.69. The van der Waals surface area contributed by atoms with Crippen molar-refractivity contribution >= 4 is 5.97 Å². The fraction of sp³-hybridized carbons (Fsp3) is 0.556. The van der Waals surface area contributed by atoms with E-state index in [2.05, 4.69) is 5.10 Å². The molecule has 2 atom stereocenters. The second-order valence-corrected chi connectivity index (χ2v) is 3.66. The summed E-state index contributed by atoms with van der Waals surface area (Å²) in [6.07, 6.45) is 2.67. The summed E-state index contributed by atoms with van der Waals surface area (Å²) in [5.74, 6) is -0.748. The van der Waals surface area contributed by atoms with Gasteiger partial charge in [0.2, 0.25) is 0 Å². The van der Waals surface area contributed by atoms with E-state index in [4.69, 9.17) is 5.11 Å². The summed E-state index contributed by atoms with van der Waals surface area (Å²) in [5.41, 5.74) is 2.05. The van der Waals surface area contributed by atoms with Gasteiger partial charge in [-0.1, -0.05) is 0 Å². The minimum atomic E-state index is -0.699. The Balaban J connectivity index is 2.20. The van der Waals surface area contributed by atoms with Gasteiger partial charge in [0.05, 0.1) is 11.6 Å². The van der Waals surface area contributed by atoms with Crippen LogP contribution >= 0.6 is 0 Å². The topological polar surface area (TPSA) is 55.1 Å². The SMILES string of the molecule is Cc1cn(C)nc1[C@@H]1C[C@H]1C(=O)O. The molecule has 1 fully saturated rings. The second kappa shape index (κ2) is 2.58. The van der Waals surface area contributed by atoms with Crippen molar-refractivity contribution in [1.82, 2.24) is 9.78 Å². The summed E-state index contributed by atoms with van der Waals surface area (Å²) in [5, 5.41) is 13.0. The second-order valence-electron chi connectivity index (χ2n) is 3.66. The highest BCUT2D eigenvalue weighted by atomic mass is 16.4. The first-order valence-electron chi connectivity index (χ1n) is 4.32. The van der Waals surface area contributed by atoms with E-state index < -0.39 is 5.97 Å². The standard InChI is InChI=1S/C9H12N2O2/c1-5-4-11(2)10-8(5)6-3-7(6)9(12)13/h4,6-7H,3H2,1-2H3,(H,12,13)/t6-,7-/m1/s1. The molecule has 0 unspecified atom stereocenters. The minimum Gasteiger partial charge on any atom is -0.481 e. The minimum absolute atomic E-state index is 0.152. The van der Waals surface area contributed by atoms with Gasteiger partial charge in [-0.05, 0) is 18.9 Å². The van der Waals surface area contributed by atoms with E-state index in [9.17, 15) is 4.79 Å². The number of aromatic nitrogens is 2. The third kappa shape index (κ3) is 1.32. The first-order valence-corrected chi connectivity index (χ1v) is 4.32. The van der Waals surface area contributed by atoms with Crippen LogP contribution in [0.4, 0.5) is 0 Å². The molecule has 1 saturated carbocycles. The number of rotatable bonds is 2. The zero-order valence-electron chi connectivity index (χ0n) is 7.69. The number of carboxylic acids is 1. The number of aryl methyl sites for hydroxylation is 2. The number of carboxylic acid groups (broad SMARTS) is 1. The first-order chi connectivity index (χ1) is 6.09. The molecule has 0 aromatic carbocycles. The molecule has 0 aliphatic heterocycles. The smallest absolute Gasteiger partial charge is 0.307 e. The molecule has 1 aliphatic rings. The molecule has 0 amide bonds. The molecule has 1 aromatic heterocycles. The Kier molecular flexibility index (Phi) is 1.65. The van der Waals surface area contributed by atoms with E-state index >= 15 is 0 Å². The maximum atomic E-state index is 10.6. The molecular formula is C9H12N2O2. The first kappa shape index (κ1) is 8.29. The van der Waals surface area contributed by atoms with E-state index in [0.29, 0.717) is 0 Å². The van der Waals surface area contributed by atoms with Crippen LogP contribution in [0, 0.1) is 12.8 Å². The Bertz CT molecular complexity index is 356. The molecular weight excluding hydrogens is 168 g/mol. The van der Waals surface area contributed by atoms with E-state index in [1.165, 1.54) is 0 Å². The van der Waals surface area contributed by atoms with Crippen LogP contribution in [0.3, 0.4) is 0 Å². The summed E-state index contributed by atoms with van der Waals surface area (Å²) < 4.78 is 1.74. The predicted molar refractivity (Wildman–Crippen MR) is 46.4 cm³/mol. The largest absolute Gasteiger partial charge is 0.481 e. The fourth-order valence-electron chi connectivity index (χ4n) is 1.76. The Morgan fingerprint density at radius 3 is 2.85 bits per heavy atom. The summed E-state index contributed by atoms with van der Waals surface area (Å²) in [6.45, 7) is 1.97. The molecule has 13 heavy (non-hydrogen) atoms. The van der Waals surface area contributed by atoms with Gasteiger partial charge in [0.1, 0.15) is 0 Å². The van der Waals surface area contributed by atoms with E-state index in [0.717, 1.165) is 17.7 Å². The van der Waals surface area contributed by atoms with Gasteiger partial charge >= 0.3 is 5.97 Å². The van der Waals surface area contributed by atoms with Crippen LogP contribution in [0.2, 0.25) is 0 Å². The summed E-state index contributed by atoms with van der Waals surface area (Å²) in [7, 11) is 1.86. The number of hydrogen-bond donors (Lipinski definition) is 1. The normalized spacial score (nSPS) is 26.0. The van der Waals surface area contributed by atoms with Crippen molar-refractivity contribution in [3.63, 3.8) is 0 Å². The number of hydrogen-bond acceptors (Lipinski definition) is 2. The Morgan fingerprint density at radius 1 is 1.77 bits per heavy atom. The third-order valence-electron chi connectivity index (χ3n) is 2.51. The molecule has 4 nitrogen and oxygen atoms in total. The van der Waals surface area contributed by atoms with Crippen molar-refractivity contribution in [2.75, 3.05) is 0 Å². The van der Waals surface area contributed by atoms with Gasteiger partial charge in [0.15, 0.2) is 0 Å². The van der Waals surface area contributed by atoms with Gasteiger partial charge in [-0.2, -0.15) is 5.10 Å². The molecule has 0 spiro atoms. The highest BCUT2D eigenvalue weighted by Crippen LogP contribution is 2.47. The van der Waals surface area contributed by atoms with Gasteiger partial charge in [-0.15, -0.1) is 0 Å². The Morgan fingerprint density at radius 2 is 2.46 bits per heavy atom. The maximum absolute atomic E-state index is 10.6. The zero-order chi connectivity index (χ0) is 9.59. The fourth-order valence-corrected chi connectivity index (χ4v) is 1.76. The van der Waals surface area contributed by atoms with Crippen LogP contribution in [-0.4, -0.2) is 20.9 Å². The molecule has 1 aromatic rings. The summed E-state index contributed by atoms with van der Waals surface area (Å²) >= 11 is 0. The molecule has 70 valence electrons. The van der Waals surface area contributed by atoms with Crippen LogP contribution < -0.4 is 0 Å². The van der Waals surface area contributed by atoms with Crippen molar-refractivity contribution in [1.29, 1.82) is 0 Å². The lowest BCUT2D eigenvalue weighted by atomic mass is 10.2. The average molecular weight is 180 g/mol. The molecule has 0 saturated heterocycles. The average Bonchev–Trinajstić information content (AvgIpc) is 2.73. The van der Waals surface area contributed by atoms with E-state index in [1.54, 1.807) is 4.68 Å². The lowest BCUT2D eigenvalue weighted by molar-refractivity contribution is -0.138. The molecule has 0 bridgehead atoms. The highest BCUT2D eigenvalue weighted by molar-refractivity contribution is 5.75. The van der Waals surface area contributed by atoms with Gasteiger partial charge in [0, 0.05) is 19.2 Å². The lowest BCUT2D eigenvalue weighted by Gasteiger charge is -1.92. The van der Waals surface area contributed by atoms with Crippen LogP contribution in [0.1, 0.15) is 23.6 Å². The molecule has 1 aliphatic carbocycles. The Hall–Kier alpha value is -1.32. The van der Waals surface area contributed by atoms with Gasteiger partial charge in [-0.3, -0.25) is 9.48 Å². The highest BCUT2D eigenvalue weighted by Gasteiger charge is 2.46. The summed E-state index contributed by atoms with van der Waals surface area (Å²) in [6, 6.07) is 0. The lowest BCUT2D eigenvalue weighted by Crippen LogP contribution is -2.00. The third-order valence-corrected chi connectivity index (χ3v) is 2.51. The van der Waals surface area contributed by atoms with Crippen molar-refractivity contribution < 1.29 is 9.90 Å². The summed E-state index contributed by atoms with van der Waals surface area (Å²) in [4.78, 5) is 10.6. The monoisotopic (exact) mass is 180 g/mol. The Labute approximate surface area is 76.2 Å². The van der Waals surface area contributed by atoms with Crippen molar-refractivity contribution in [3.05, 3.63) is 17.5 Å². The van der Waals surface area contributed by atoms with Crippen LogP contribution in [0.15, 0.2) is 6.20 Å². The maximum Gasteiger partial charge on any atom is 0.307 e. The number of nitrogens with zero attached hydrogens (tertiary/aromatic N) is 2. The molecule has 1 heterocycles. The van der Waals surface area contributed by atoms with Crippen LogP contribution in [0.25, 0.3) is 0 Å². The molecule has 4 heteroatoms. The number of carbonyl (C=O) groups is 1. The van der Waals surface area contributed by atoms with Crippen molar-refractivity contribution in [2.45, 2.75) is 19.3 Å². The molecule has 2 rings (SSSR count). The van der Waals surface area contributed by atoms with Crippen LogP contribution in [-0.2, 0) is 11.8 Å². The number of aliphatic carboxylic acids is 1. The molecule has 1 N–H and O–H groups in total. The van der Waals surface area contributed by atoms with Crippen molar-refractivity contribution in [3.8, 4) is 0 Å². The van der Waals surface area contributed by atoms with Gasteiger partial charge < -0.3 is 5.11 Å². The predicted octanol–water partition coefficient (Wildman–Crippen LogP) is 0.917. The van der Waals surface area contributed by atoms with E-state index in [1.807, 2.05) is 20.2 Å². The van der Waals surface area contributed by atoms with Crippen LogP contribution in [0.5, 0.6) is 0 Å². The molecule has 0 radical (unpaired) electrons. The van der Waals surface area contributed by atoms with E-state index in [-0.39, 0.29) is 11.8 Å².